The van der Waals surface area contributed by atoms with Gasteiger partial charge in [0, 0.05) is 4.47 Å². The zero-order chi connectivity index (χ0) is 30.6. The Morgan fingerprint density at radius 1 is 1.10 bits per heavy atom. The first kappa shape index (κ1) is 30.8. The third-order valence-corrected chi connectivity index (χ3v) is 7.93. The Labute approximate surface area is 253 Å². The molecule has 42 heavy (non-hydrogen) atoms. The molecule has 0 radical (unpaired) electrons. The van der Waals surface area contributed by atoms with Gasteiger partial charge in [-0.3, -0.25) is 9.36 Å². The quantitative estimate of drug-likeness (QED) is 0.325. The lowest BCUT2D eigenvalue weighted by Crippen LogP contribution is -2.40. The number of hydrogen-bond acceptors (Lipinski definition) is 11. The van der Waals surface area contributed by atoms with Crippen molar-refractivity contribution in [2.24, 2.45) is 4.99 Å². The normalized spacial score (nSPS) is 14.6. The van der Waals surface area contributed by atoms with Crippen LogP contribution in [0.2, 0.25) is 0 Å². The summed E-state index contributed by atoms with van der Waals surface area (Å²) in [5.41, 5.74) is 1.36. The van der Waals surface area contributed by atoms with E-state index in [2.05, 4.69) is 25.7 Å². The van der Waals surface area contributed by atoms with Crippen molar-refractivity contribution in [3.63, 3.8) is 0 Å². The average Bonchev–Trinajstić information content (AvgIpc) is 3.26. The van der Waals surface area contributed by atoms with Crippen molar-refractivity contribution in [2.75, 3.05) is 34.0 Å². The van der Waals surface area contributed by atoms with Gasteiger partial charge in [0.05, 0.1) is 49.3 Å². The molecule has 0 saturated heterocycles. The number of phenols is 1. The van der Waals surface area contributed by atoms with Crippen molar-refractivity contribution >= 4 is 45.3 Å². The fourth-order valence-electron chi connectivity index (χ4n) is 4.36. The Balaban J connectivity index is 1.92. The highest BCUT2D eigenvalue weighted by molar-refractivity contribution is 9.10. The fraction of sp³-hybridized carbons (Fsp3) is 0.310. The molecule has 1 aliphatic rings. The number of benzene rings is 2. The molecule has 0 amide bonds. The molecule has 3 aromatic rings. The molecule has 0 spiro atoms. The van der Waals surface area contributed by atoms with Gasteiger partial charge in [-0.25, -0.2) is 14.6 Å². The molecule has 1 N–H and O–H groups in total. The van der Waals surface area contributed by atoms with Crippen LogP contribution in [0.4, 0.5) is 0 Å². The molecular formula is C29H29BrN2O9S. The molecule has 4 rings (SSSR count). The zero-order valence-electron chi connectivity index (χ0n) is 23.6. The van der Waals surface area contributed by atoms with E-state index in [0.29, 0.717) is 48.7 Å². The van der Waals surface area contributed by atoms with E-state index in [4.69, 9.17) is 18.9 Å². The average molecular weight is 662 g/mol. The fourth-order valence-corrected chi connectivity index (χ4v) is 5.84. The monoisotopic (exact) mass is 660 g/mol. The van der Waals surface area contributed by atoms with Crippen LogP contribution in [0.5, 0.6) is 23.0 Å². The molecule has 222 valence electrons. The Bertz CT molecular complexity index is 1740. The molecule has 0 unspecified atom stereocenters. The number of methoxy groups -OCH3 is 2. The van der Waals surface area contributed by atoms with Gasteiger partial charge in [0.2, 0.25) is 0 Å². The van der Waals surface area contributed by atoms with Crippen molar-refractivity contribution in [3.8, 4) is 23.0 Å². The molecule has 0 aliphatic carbocycles. The maximum absolute atomic E-state index is 14.0. The van der Waals surface area contributed by atoms with Gasteiger partial charge in [0.15, 0.2) is 34.4 Å². The first-order valence-corrected chi connectivity index (χ1v) is 14.5. The van der Waals surface area contributed by atoms with Crippen molar-refractivity contribution in [2.45, 2.75) is 26.8 Å². The van der Waals surface area contributed by atoms with Crippen LogP contribution in [0.1, 0.15) is 37.9 Å². The van der Waals surface area contributed by atoms with E-state index < -0.39 is 18.0 Å². The number of phenolic OH excluding ortho intramolecular Hbond substituents is 1. The summed E-state index contributed by atoms with van der Waals surface area (Å²) in [7, 11) is 2.69. The van der Waals surface area contributed by atoms with E-state index >= 15 is 0 Å². The second-order valence-corrected chi connectivity index (χ2v) is 10.7. The predicted molar refractivity (Wildman–Crippen MR) is 158 cm³/mol. The topological polar surface area (TPSA) is 135 Å². The van der Waals surface area contributed by atoms with Crippen molar-refractivity contribution in [1.29, 1.82) is 0 Å². The predicted octanol–water partition coefficient (Wildman–Crippen LogP) is 3.23. The number of nitrogens with zero attached hydrogens (tertiary/aromatic N) is 2. The maximum atomic E-state index is 14.0. The van der Waals surface area contributed by atoms with E-state index in [1.54, 1.807) is 51.1 Å². The summed E-state index contributed by atoms with van der Waals surface area (Å²) in [5.74, 6) is -0.361. The van der Waals surface area contributed by atoms with E-state index in [-0.39, 0.29) is 35.8 Å². The number of rotatable bonds is 10. The molecule has 13 heteroatoms. The molecule has 2 aromatic carbocycles. The summed E-state index contributed by atoms with van der Waals surface area (Å²) in [6.45, 7) is 5.29. The number of carbonyl (C=O) groups is 2. The van der Waals surface area contributed by atoms with Gasteiger partial charge in [-0.2, -0.15) is 0 Å². The highest BCUT2D eigenvalue weighted by Crippen LogP contribution is 2.37. The number of ether oxygens (including phenoxy) is 5. The Morgan fingerprint density at radius 3 is 2.52 bits per heavy atom. The van der Waals surface area contributed by atoms with Crippen LogP contribution >= 0.6 is 27.3 Å². The van der Waals surface area contributed by atoms with Crippen LogP contribution in [-0.2, 0) is 19.1 Å². The van der Waals surface area contributed by atoms with Crippen molar-refractivity contribution < 1.29 is 38.4 Å². The first-order valence-electron chi connectivity index (χ1n) is 12.9. The molecule has 0 bridgehead atoms. The van der Waals surface area contributed by atoms with Crippen molar-refractivity contribution in [3.05, 3.63) is 76.9 Å². The van der Waals surface area contributed by atoms with Gasteiger partial charge in [-0.15, -0.1) is 0 Å². The molecule has 0 saturated carbocycles. The SMILES string of the molecule is CCOC(=O)C1=C(C)N=c2s/c(=C\c3cc(OC)c(O)cc3Br)c(=O)n2[C@H]1c1ccc(OCC(=O)OC)c(OCC)c1. The number of thiazole rings is 1. The number of esters is 2. The molecule has 1 aliphatic heterocycles. The van der Waals surface area contributed by atoms with Crippen LogP contribution in [-0.4, -0.2) is 55.7 Å². The molecule has 2 heterocycles. The summed E-state index contributed by atoms with van der Waals surface area (Å²) < 4.78 is 29.0. The van der Waals surface area contributed by atoms with Gasteiger partial charge < -0.3 is 28.8 Å². The minimum absolute atomic E-state index is 0.0539. The number of halogens is 1. The summed E-state index contributed by atoms with van der Waals surface area (Å²) in [6, 6.07) is 7.15. The third-order valence-electron chi connectivity index (χ3n) is 6.26. The van der Waals surface area contributed by atoms with Gasteiger partial charge in [0.1, 0.15) is 0 Å². The molecule has 1 atom stereocenters. The maximum Gasteiger partial charge on any atom is 0.343 e. The van der Waals surface area contributed by atoms with Gasteiger partial charge in [-0.1, -0.05) is 33.3 Å². The lowest BCUT2D eigenvalue weighted by molar-refractivity contribution is -0.143. The lowest BCUT2D eigenvalue weighted by Gasteiger charge is -2.25. The van der Waals surface area contributed by atoms with Gasteiger partial charge in [-0.05, 0) is 62.2 Å². The summed E-state index contributed by atoms with van der Waals surface area (Å²) >= 11 is 4.58. The minimum Gasteiger partial charge on any atom is -0.504 e. The Kier molecular flexibility index (Phi) is 9.74. The summed E-state index contributed by atoms with van der Waals surface area (Å²) in [6.07, 6.45) is 1.66. The van der Waals surface area contributed by atoms with Crippen LogP contribution in [0.15, 0.2) is 55.9 Å². The van der Waals surface area contributed by atoms with Crippen LogP contribution in [0, 0.1) is 0 Å². The second kappa shape index (κ2) is 13.3. The number of fused-ring (bicyclic) bond motifs is 1. The number of hydrogen-bond donors (Lipinski definition) is 1. The Morgan fingerprint density at radius 2 is 1.86 bits per heavy atom. The number of aromatic hydroxyl groups is 1. The van der Waals surface area contributed by atoms with Crippen molar-refractivity contribution in [1.82, 2.24) is 4.57 Å². The second-order valence-electron chi connectivity index (χ2n) is 8.85. The highest BCUT2D eigenvalue weighted by Gasteiger charge is 2.34. The van der Waals surface area contributed by atoms with E-state index in [9.17, 15) is 19.5 Å². The van der Waals surface area contributed by atoms with Crippen LogP contribution in [0.3, 0.4) is 0 Å². The summed E-state index contributed by atoms with van der Waals surface area (Å²) in [4.78, 5) is 43.8. The number of allylic oxidation sites excluding steroid dienone is 1. The minimum atomic E-state index is -0.894. The lowest BCUT2D eigenvalue weighted by atomic mass is 9.95. The standard InChI is InChI=1S/C29H29BrN2O9S/c1-6-39-22-10-16(8-9-20(22)41-14-24(34)38-5)26-25(28(36)40-7-2)15(3)31-29-32(26)27(35)23(42-29)12-17-11-21(37-4)19(33)13-18(17)30/h8-13,26,33H,6-7,14H2,1-5H3/b23-12-/t26-/m0/s1. The van der Waals surface area contributed by atoms with Crippen LogP contribution in [0.25, 0.3) is 6.08 Å². The molecule has 0 fully saturated rings. The van der Waals surface area contributed by atoms with Gasteiger partial charge >= 0.3 is 11.9 Å². The molecule has 1 aromatic heterocycles. The zero-order valence-corrected chi connectivity index (χ0v) is 26.0. The third kappa shape index (κ3) is 6.21. The largest absolute Gasteiger partial charge is 0.504 e. The van der Waals surface area contributed by atoms with Gasteiger partial charge in [0.25, 0.3) is 5.56 Å². The number of aromatic nitrogens is 1. The summed E-state index contributed by atoms with van der Waals surface area (Å²) in [5, 5.41) is 10.1. The number of carbonyl (C=O) groups excluding carboxylic acids is 2. The van der Waals surface area contributed by atoms with E-state index in [0.717, 1.165) is 11.3 Å². The smallest absolute Gasteiger partial charge is 0.343 e. The van der Waals surface area contributed by atoms with Crippen LogP contribution < -0.4 is 29.1 Å². The van der Waals surface area contributed by atoms with E-state index in [1.165, 1.54) is 24.9 Å². The molecule has 11 nitrogen and oxygen atoms in total. The first-order chi connectivity index (χ1) is 20.1. The highest BCUT2D eigenvalue weighted by atomic mass is 79.9. The van der Waals surface area contributed by atoms with E-state index in [1.807, 2.05) is 0 Å². The Hall–Kier alpha value is -4.10. The molecular weight excluding hydrogens is 632 g/mol.